The van der Waals surface area contributed by atoms with E-state index in [1.165, 1.54) is 11.5 Å². The highest BCUT2D eigenvalue weighted by molar-refractivity contribution is 7.07. The van der Waals surface area contributed by atoms with Crippen molar-refractivity contribution in [2.24, 2.45) is 0 Å². The molecule has 6 heteroatoms. The average Bonchev–Trinajstić information content (AvgIpc) is 3.12. The first-order chi connectivity index (χ1) is 8.76. The Morgan fingerprint density at radius 1 is 1.44 bits per heavy atom. The van der Waals surface area contributed by atoms with Gasteiger partial charge < -0.3 is 10.5 Å². The van der Waals surface area contributed by atoms with Crippen molar-refractivity contribution in [3.63, 3.8) is 0 Å². The monoisotopic (exact) mass is 258 g/mol. The van der Waals surface area contributed by atoms with E-state index in [0.29, 0.717) is 28.1 Å². The molecule has 1 saturated carbocycles. The molecule has 1 aliphatic rings. The summed E-state index contributed by atoms with van der Waals surface area (Å²) in [5.74, 6) is 1.81. The van der Waals surface area contributed by atoms with Crippen molar-refractivity contribution >= 4 is 17.2 Å². The average molecular weight is 258 g/mol. The number of nitrogen functional groups attached to an aromatic ring is 1. The van der Waals surface area contributed by atoms with Crippen molar-refractivity contribution in [1.82, 2.24) is 9.36 Å². The molecule has 5 nitrogen and oxygen atoms in total. The molecule has 0 aliphatic heterocycles. The van der Waals surface area contributed by atoms with Crippen LogP contribution in [0.3, 0.4) is 0 Å². The summed E-state index contributed by atoms with van der Waals surface area (Å²) >= 11 is 1.21. The van der Waals surface area contributed by atoms with Gasteiger partial charge in [0.05, 0.1) is 5.56 Å². The van der Waals surface area contributed by atoms with Crippen molar-refractivity contribution < 1.29 is 4.74 Å². The number of hydrogen-bond donors (Lipinski definition) is 1. The van der Waals surface area contributed by atoms with Crippen LogP contribution in [0.25, 0.3) is 0 Å². The molecule has 1 aromatic carbocycles. The molecule has 3 rings (SSSR count). The van der Waals surface area contributed by atoms with Gasteiger partial charge in [-0.15, -0.1) is 0 Å². The summed E-state index contributed by atoms with van der Waals surface area (Å²) in [6, 6.07) is 7.00. The van der Waals surface area contributed by atoms with Gasteiger partial charge >= 0.3 is 0 Å². The SMILES string of the molecule is N#Cc1cc(N)ccc1Oc1nc(C2CC2)ns1. The summed E-state index contributed by atoms with van der Waals surface area (Å²) in [5.41, 5.74) is 6.55. The molecule has 0 amide bonds. The highest BCUT2D eigenvalue weighted by Gasteiger charge is 2.28. The maximum Gasteiger partial charge on any atom is 0.298 e. The fourth-order valence-electron chi connectivity index (χ4n) is 1.59. The molecule has 0 saturated heterocycles. The first-order valence-corrected chi connectivity index (χ1v) is 6.34. The van der Waals surface area contributed by atoms with Gasteiger partial charge in [0.15, 0.2) is 0 Å². The standard InChI is InChI=1S/C12H10N4OS/c13-6-8-5-9(14)3-4-10(8)17-12-15-11(16-18-12)7-1-2-7/h3-5,7H,1-2,14H2. The topological polar surface area (TPSA) is 84.8 Å². The quantitative estimate of drug-likeness (QED) is 0.855. The number of benzene rings is 1. The highest BCUT2D eigenvalue weighted by Crippen LogP contribution is 2.40. The zero-order valence-corrected chi connectivity index (χ0v) is 10.3. The van der Waals surface area contributed by atoms with Crippen LogP contribution >= 0.6 is 11.5 Å². The van der Waals surface area contributed by atoms with E-state index in [1.807, 2.05) is 0 Å². The lowest BCUT2D eigenvalue weighted by Gasteiger charge is -2.03. The lowest BCUT2D eigenvalue weighted by Crippen LogP contribution is -1.91. The van der Waals surface area contributed by atoms with Gasteiger partial charge in [0.2, 0.25) is 0 Å². The van der Waals surface area contributed by atoms with E-state index < -0.39 is 0 Å². The Bertz CT molecular complexity index is 627. The second-order valence-electron chi connectivity index (χ2n) is 4.16. The maximum atomic E-state index is 9.01. The highest BCUT2D eigenvalue weighted by atomic mass is 32.1. The van der Waals surface area contributed by atoms with E-state index >= 15 is 0 Å². The molecule has 1 fully saturated rings. The van der Waals surface area contributed by atoms with Crippen LogP contribution in [0.4, 0.5) is 5.69 Å². The van der Waals surface area contributed by atoms with Gasteiger partial charge in [-0.25, -0.2) is 0 Å². The Morgan fingerprint density at radius 3 is 3.00 bits per heavy atom. The van der Waals surface area contributed by atoms with E-state index in [1.54, 1.807) is 18.2 Å². The number of hydrogen-bond acceptors (Lipinski definition) is 6. The number of anilines is 1. The Morgan fingerprint density at radius 2 is 2.28 bits per heavy atom. The molecule has 1 aliphatic carbocycles. The number of rotatable bonds is 3. The van der Waals surface area contributed by atoms with Gasteiger partial charge in [0.25, 0.3) is 5.19 Å². The van der Waals surface area contributed by atoms with Crippen LogP contribution in [0, 0.1) is 11.3 Å². The van der Waals surface area contributed by atoms with Crippen LogP contribution in [0.15, 0.2) is 18.2 Å². The van der Waals surface area contributed by atoms with Crippen molar-refractivity contribution in [2.45, 2.75) is 18.8 Å². The zero-order valence-electron chi connectivity index (χ0n) is 9.46. The molecule has 90 valence electrons. The van der Waals surface area contributed by atoms with Crippen molar-refractivity contribution in [3.8, 4) is 17.0 Å². The molecule has 1 aromatic heterocycles. The molecule has 1 heterocycles. The minimum Gasteiger partial charge on any atom is -0.428 e. The van der Waals surface area contributed by atoms with Gasteiger partial charge in [-0.05, 0) is 31.0 Å². The van der Waals surface area contributed by atoms with Crippen LogP contribution in [0.5, 0.6) is 10.9 Å². The predicted octanol–water partition coefficient (Wildman–Crippen LogP) is 2.66. The van der Waals surface area contributed by atoms with Crippen LogP contribution in [-0.4, -0.2) is 9.36 Å². The van der Waals surface area contributed by atoms with Crippen LogP contribution in [0.2, 0.25) is 0 Å². The van der Waals surface area contributed by atoms with E-state index in [9.17, 15) is 0 Å². The minimum absolute atomic E-state index is 0.401. The number of aromatic nitrogens is 2. The fourth-order valence-corrected chi connectivity index (χ4v) is 2.21. The third kappa shape index (κ3) is 2.13. The van der Waals surface area contributed by atoms with E-state index in [2.05, 4.69) is 15.4 Å². The van der Waals surface area contributed by atoms with E-state index in [4.69, 9.17) is 15.7 Å². The van der Waals surface area contributed by atoms with Gasteiger partial charge in [-0.3, -0.25) is 0 Å². The number of nitrogens with two attached hydrogens (primary N) is 1. The summed E-state index contributed by atoms with van der Waals surface area (Å²) < 4.78 is 9.83. The van der Waals surface area contributed by atoms with Crippen molar-refractivity contribution in [1.29, 1.82) is 5.26 Å². The Kier molecular flexibility index (Phi) is 2.61. The van der Waals surface area contributed by atoms with Gasteiger partial charge in [0.1, 0.15) is 17.6 Å². The Labute approximate surface area is 108 Å². The second kappa shape index (κ2) is 4.27. The summed E-state index contributed by atoms with van der Waals surface area (Å²) in [6.07, 6.45) is 2.31. The molecule has 18 heavy (non-hydrogen) atoms. The summed E-state index contributed by atoms with van der Waals surface area (Å²) in [6.45, 7) is 0. The molecule has 2 aromatic rings. The second-order valence-corrected chi connectivity index (χ2v) is 4.88. The third-order valence-corrected chi connectivity index (χ3v) is 3.30. The molecule has 0 spiro atoms. The van der Waals surface area contributed by atoms with Gasteiger partial charge in [-0.1, -0.05) is 0 Å². The Balaban J connectivity index is 1.84. The van der Waals surface area contributed by atoms with Crippen molar-refractivity contribution in [2.75, 3.05) is 5.73 Å². The Hall–Kier alpha value is -2.13. The van der Waals surface area contributed by atoms with Crippen molar-refractivity contribution in [3.05, 3.63) is 29.6 Å². The lowest BCUT2D eigenvalue weighted by molar-refractivity contribution is 0.475. The van der Waals surface area contributed by atoms with E-state index in [-0.39, 0.29) is 0 Å². The van der Waals surface area contributed by atoms with Crippen LogP contribution in [-0.2, 0) is 0 Å². The molecular formula is C12H10N4OS. The normalized spacial score (nSPS) is 14.2. The first kappa shape index (κ1) is 11.0. The van der Waals surface area contributed by atoms with Crippen LogP contribution in [0.1, 0.15) is 30.1 Å². The minimum atomic E-state index is 0.401. The van der Waals surface area contributed by atoms with Gasteiger partial charge in [0, 0.05) is 23.1 Å². The molecule has 2 N–H and O–H groups in total. The smallest absolute Gasteiger partial charge is 0.298 e. The molecule has 0 unspecified atom stereocenters. The maximum absolute atomic E-state index is 9.01. The zero-order chi connectivity index (χ0) is 12.5. The summed E-state index contributed by atoms with van der Waals surface area (Å²) in [4.78, 5) is 4.31. The number of nitrogens with zero attached hydrogens (tertiary/aromatic N) is 3. The first-order valence-electron chi connectivity index (χ1n) is 5.57. The molecule has 0 bridgehead atoms. The molecule has 0 atom stereocenters. The summed E-state index contributed by atoms with van der Waals surface area (Å²) in [7, 11) is 0. The third-order valence-electron chi connectivity index (χ3n) is 2.69. The predicted molar refractivity (Wildman–Crippen MR) is 67.5 cm³/mol. The summed E-state index contributed by atoms with van der Waals surface area (Å²) in [5, 5.41) is 9.48. The largest absolute Gasteiger partial charge is 0.428 e. The molecular weight excluding hydrogens is 248 g/mol. The number of nitriles is 1. The van der Waals surface area contributed by atoms with Crippen LogP contribution < -0.4 is 10.5 Å². The van der Waals surface area contributed by atoms with Gasteiger partial charge in [-0.2, -0.15) is 14.6 Å². The number of ether oxygens (including phenoxy) is 1. The van der Waals surface area contributed by atoms with E-state index in [0.717, 1.165) is 18.7 Å². The lowest BCUT2D eigenvalue weighted by atomic mass is 10.2. The fraction of sp³-hybridized carbons (Fsp3) is 0.250. The molecule has 0 radical (unpaired) electrons.